The highest BCUT2D eigenvalue weighted by molar-refractivity contribution is 7.89. The predicted octanol–water partition coefficient (Wildman–Crippen LogP) is 1.87. The van der Waals surface area contributed by atoms with Gasteiger partial charge in [-0.1, -0.05) is 20.8 Å². The number of benzene rings is 1. The summed E-state index contributed by atoms with van der Waals surface area (Å²) >= 11 is 0. The molecule has 2 rings (SSSR count). The fourth-order valence-corrected chi connectivity index (χ4v) is 3.38. The first kappa shape index (κ1) is 21.7. The van der Waals surface area contributed by atoms with Crippen LogP contribution in [-0.4, -0.2) is 33.5 Å². The van der Waals surface area contributed by atoms with Crippen LogP contribution < -0.4 is 20.5 Å². The number of nitrogens with one attached hydrogen (secondary N) is 2. The Kier molecular flexibility index (Phi) is 6.86. The molecule has 0 unspecified atom stereocenters. The van der Waals surface area contributed by atoms with Crippen LogP contribution in [0.3, 0.4) is 0 Å². The molecule has 1 fully saturated rings. The maximum atomic E-state index is 12.3. The maximum absolute atomic E-state index is 12.3. The fourth-order valence-electron chi connectivity index (χ4n) is 2.04. The van der Waals surface area contributed by atoms with Crippen LogP contribution in [0, 0.1) is 5.41 Å². The van der Waals surface area contributed by atoms with Crippen LogP contribution in [0.4, 0.5) is 5.69 Å². The summed E-state index contributed by atoms with van der Waals surface area (Å²) < 4.78 is 32.5. The maximum Gasteiger partial charge on any atom is 0.241 e. The van der Waals surface area contributed by atoms with Gasteiger partial charge in [-0.15, -0.1) is 12.4 Å². The van der Waals surface area contributed by atoms with Gasteiger partial charge < -0.3 is 15.8 Å². The van der Waals surface area contributed by atoms with E-state index in [-0.39, 0.29) is 29.0 Å². The Morgan fingerprint density at radius 3 is 2.40 bits per heavy atom. The van der Waals surface area contributed by atoms with Crippen LogP contribution in [0.15, 0.2) is 23.1 Å². The Morgan fingerprint density at radius 1 is 1.32 bits per heavy atom. The van der Waals surface area contributed by atoms with Gasteiger partial charge in [0.2, 0.25) is 15.9 Å². The second-order valence-electron chi connectivity index (χ2n) is 7.09. The lowest BCUT2D eigenvalue weighted by Gasteiger charge is -2.26. The molecule has 0 aliphatic heterocycles. The minimum Gasteiger partial charge on any atom is -0.495 e. The number of hydrogen-bond donors (Lipinski definition) is 3. The Labute approximate surface area is 155 Å². The van der Waals surface area contributed by atoms with E-state index in [0.717, 1.165) is 12.8 Å². The lowest BCUT2D eigenvalue weighted by atomic mass is 9.87. The summed E-state index contributed by atoms with van der Waals surface area (Å²) in [5.41, 5.74) is 5.80. The molecule has 0 radical (unpaired) electrons. The third-order valence-corrected chi connectivity index (χ3v) is 5.37. The fraction of sp³-hybridized carbons (Fsp3) is 0.562. The molecular formula is C16H26ClN3O4S. The second-order valence-corrected chi connectivity index (χ2v) is 8.80. The van der Waals surface area contributed by atoms with Crippen molar-refractivity contribution in [1.82, 2.24) is 4.72 Å². The molecule has 142 valence electrons. The Balaban J connectivity index is 0.00000312. The van der Waals surface area contributed by atoms with Gasteiger partial charge in [0, 0.05) is 6.04 Å². The molecule has 1 aliphatic rings. The topological polar surface area (TPSA) is 111 Å². The van der Waals surface area contributed by atoms with Crippen molar-refractivity contribution in [3.63, 3.8) is 0 Å². The SMILES string of the molecule is COc1ccc(S(=O)(=O)NC2CC2)cc1NC(=O)[C@@H](N)C(C)(C)C.Cl. The van der Waals surface area contributed by atoms with Crippen molar-refractivity contribution in [3.8, 4) is 5.75 Å². The van der Waals surface area contributed by atoms with Crippen LogP contribution in [0.2, 0.25) is 0 Å². The molecule has 0 saturated heterocycles. The van der Waals surface area contributed by atoms with Gasteiger partial charge in [0.1, 0.15) is 5.75 Å². The van der Waals surface area contributed by atoms with Crippen LogP contribution in [0.5, 0.6) is 5.75 Å². The van der Waals surface area contributed by atoms with Crippen molar-refractivity contribution in [1.29, 1.82) is 0 Å². The lowest BCUT2D eigenvalue weighted by molar-refractivity contribution is -0.119. The number of methoxy groups -OCH3 is 1. The molecule has 9 heteroatoms. The number of amides is 1. The number of ether oxygens (including phenoxy) is 1. The molecule has 0 spiro atoms. The Hall–Kier alpha value is -1.35. The average molecular weight is 392 g/mol. The van der Waals surface area contributed by atoms with Crippen LogP contribution >= 0.6 is 12.4 Å². The number of halogens is 1. The number of sulfonamides is 1. The molecule has 0 bridgehead atoms. The third kappa shape index (κ3) is 5.57. The lowest BCUT2D eigenvalue weighted by Crippen LogP contribution is -2.45. The third-order valence-electron chi connectivity index (χ3n) is 3.85. The van der Waals surface area contributed by atoms with E-state index >= 15 is 0 Å². The van der Waals surface area contributed by atoms with Gasteiger partial charge in [-0.3, -0.25) is 4.79 Å². The van der Waals surface area contributed by atoms with E-state index in [2.05, 4.69) is 10.0 Å². The van der Waals surface area contributed by atoms with E-state index < -0.39 is 27.4 Å². The monoisotopic (exact) mass is 391 g/mol. The minimum atomic E-state index is -3.62. The zero-order valence-corrected chi connectivity index (χ0v) is 16.5. The van der Waals surface area contributed by atoms with Crippen molar-refractivity contribution in [3.05, 3.63) is 18.2 Å². The summed E-state index contributed by atoms with van der Waals surface area (Å²) in [6, 6.07) is 3.61. The van der Waals surface area contributed by atoms with Crippen molar-refractivity contribution >= 4 is 34.0 Å². The van der Waals surface area contributed by atoms with E-state index in [4.69, 9.17) is 10.5 Å². The standard InChI is InChI=1S/C16H25N3O4S.ClH/c1-16(2,3)14(17)15(20)18-12-9-11(7-8-13(12)23-4)24(21,22)19-10-5-6-10;/h7-10,14,19H,5-6,17H2,1-4H3,(H,18,20);1H/t14-;/m1./s1. The Bertz CT molecular complexity index is 727. The van der Waals surface area contributed by atoms with Crippen LogP contribution in [0.1, 0.15) is 33.6 Å². The molecule has 1 aromatic carbocycles. The first-order valence-corrected chi connectivity index (χ1v) is 9.30. The summed E-state index contributed by atoms with van der Waals surface area (Å²) in [6.07, 6.45) is 1.69. The van der Waals surface area contributed by atoms with Gasteiger partial charge in [0.05, 0.1) is 23.7 Å². The molecular weight excluding hydrogens is 366 g/mol. The minimum absolute atomic E-state index is 0. The number of carbonyl (C=O) groups is 1. The van der Waals surface area contributed by atoms with E-state index in [0.29, 0.717) is 5.75 Å². The molecule has 1 aromatic rings. The molecule has 1 aliphatic carbocycles. The molecule has 25 heavy (non-hydrogen) atoms. The van der Waals surface area contributed by atoms with Gasteiger partial charge >= 0.3 is 0 Å². The Morgan fingerprint density at radius 2 is 1.92 bits per heavy atom. The largest absolute Gasteiger partial charge is 0.495 e. The summed E-state index contributed by atoms with van der Waals surface area (Å²) in [7, 11) is -2.17. The second kappa shape index (κ2) is 7.90. The first-order valence-electron chi connectivity index (χ1n) is 7.81. The number of rotatable bonds is 6. The van der Waals surface area contributed by atoms with E-state index in [1.54, 1.807) is 0 Å². The van der Waals surface area contributed by atoms with E-state index in [1.165, 1.54) is 25.3 Å². The van der Waals surface area contributed by atoms with Crippen molar-refractivity contribution in [2.24, 2.45) is 11.1 Å². The van der Waals surface area contributed by atoms with Gasteiger partial charge in [0.25, 0.3) is 0 Å². The van der Waals surface area contributed by atoms with E-state index in [1.807, 2.05) is 20.8 Å². The van der Waals surface area contributed by atoms with Crippen molar-refractivity contribution in [2.45, 2.75) is 50.6 Å². The van der Waals surface area contributed by atoms with Gasteiger partial charge in [-0.2, -0.15) is 0 Å². The molecule has 0 aromatic heterocycles. The van der Waals surface area contributed by atoms with Gasteiger partial charge in [-0.25, -0.2) is 13.1 Å². The number of carbonyl (C=O) groups excluding carboxylic acids is 1. The first-order chi connectivity index (χ1) is 11.0. The predicted molar refractivity (Wildman–Crippen MR) is 99.6 cm³/mol. The normalized spacial score (nSPS) is 15.9. The smallest absolute Gasteiger partial charge is 0.241 e. The summed E-state index contributed by atoms with van der Waals surface area (Å²) in [6.45, 7) is 5.57. The van der Waals surface area contributed by atoms with E-state index in [9.17, 15) is 13.2 Å². The zero-order chi connectivity index (χ0) is 18.1. The number of hydrogen-bond acceptors (Lipinski definition) is 5. The van der Waals surface area contributed by atoms with Gasteiger partial charge in [0.15, 0.2) is 0 Å². The summed E-state index contributed by atoms with van der Waals surface area (Å²) in [5, 5.41) is 2.67. The molecule has 7 nitrogen and oxygen atoms in total. The molecule has 1 saturated carbocycles. The average Bonchev–Trinajstić information content (AvgIpc) is 3.28. The molecule has 0 heterocycles. The van der Waals surface area contributed by atoms with Crippen molar-refractivity contribution < 1.29 is 17.9 Å². The van der Waals surface area contributed by atoms with Crippen LogP contribution in [0.25, 0.3) is 0 Å². The van der Waals surface area contributed by atoms with Crippen LogP contribution in [-0.2, 0) is 14.8 Å². The highest BCUT2D eigenvalue weighted by Crippen LogP contribution is 2.30. The molecule has 1 atom stereocenters. The zero-order valence-electron chi connectivity index (χ0n) is 14.8. The summed E-state index contributed by atoms with van der Waals surface area (Å²) in [4.78, 5) is 12.4. The number of nitrogens with two attached hydrogens (primary N) is 1. The summed E-state index contributed by atoms with van der Waals surface area (Å²) in [5.74, 6) is -0.0275. The molecule has 4 N–H and O–H groups in total. The highest BCUT2D eigenvalue weighted by atomic mass is 35.5. The number of anilines is 1. The van der Waals surface area contributed by atoms with Gasteiger partial charge in [-0.05, 0) is 36.5 Å². The molecule has 1 amide bonds. The van der Waals surface area contributed by atoms with Crippen molar-refractivity contribution in [2.75, 3.05) is 12.4 Å². The highest BCUT2D eigenvalue weighted by Gasteiger charge is 2.30. The quantitative estimate of drug-likeness (QED) is 0.685.